The lowest BCUT2D eigenvalue weighted by Gasteiger charge is -2.37. The molecule has 0 radical (unpaired) electrons. The fourth-order valence-electron chi connectivity index (χ4n) is 4.24. The molecule has 7 nitrogen and oxygen atoms in total. The smallest absolute Gasteiger partial charge is 0.408 e. The molecule has 1 rings (SSSR count). The van der Waals surface area contributed by atoms with E-state index in [1.807, 2.05) is 59.7 Å². The molecule has 0 fully saturated rings. The Balaban J connectivity index is 3.58. The van der Waals surface area contributed by atoms with Gasteiger partial charge in [-0.05, 0) is 71.9 Å². The molecule has 0 aliphatic carbocycles. The third-order valence-corrected chi connectivity index (χ3v) is 6.41. The number of benzene rings is 1. The van der Waals surface area contributed by atoms with E-state index in [2.05, 4.69) is 17.6 Å². The Morgan fingerprint density at radius 2 is 1.62 bits per heavy atom. The largest absolute Gasteiger partial charge is 0.444 e. The zero-order chi connectivity index (χ0) is 28.3. The van der Waals surface area contributed by atoms with Gasteiger partial charge < -0.3 is 20.3 Å². The van der Waals surface area contributed by atoms with Crippen LogP contribution in [-0.4, -0.2) is 47.0 Å². The van der Waals surface area contributed by atoms with E-state index in [1.54, 1.807) is 25.7 Å². The second-order valence-corrected chi connectivity index (χ2v) is 11.5. The van der Waals surface area contributed by atoms with Crippen molar-refractivity contribution < 1.29 is 19.1 Å². The summed E-state index contributed by atoms with van der Waals surface area (Å²) in [4.78, 5) is 42.4. The van der Waals surface area contributed by atoms with E-state index < -0.39 is 23.8 Å². The summed E-state index contributed by atoms with van der Waals surface area (Å²) in [5, 5.41) is 5.87. The number of aryl methyl sites for hydroxylation is 2. The predicted molar refractivity (Wildman–Crippen MR) is 150 cm³/mol. The summed E-state index contributed by atoms with van der Waals surface area (Å²) in [5.74, 6) is -0.625. The molecule has 1 aromatic carbocycles. The van der Waals surface area contributed by atoms with Crippen molar-refractivity contribution in [3.63, 3.8) is 0 Å². The topological polar surface area (TPSA) is 87.7 Å². The highest BCUT2D eigenvalue weighted by molar-refractivity contribution is 5.92. The van der Waals surface area contributed by atoms with E-state index in [-0.39, 0.29) is 23.8 Å². The van der Waals surface area contributed by atoms with Gasteiger partial charge in [0.2, 0.25) is 11.8 Å². The quantitative estimate of drug-likeness (QED) is 0.304. The molecule has 2 N–H and O–H groups in total. The summed E-state index contributed by atoms with van der Waals surface area (Å²) in [6.07, 6.45) is 3.90. The van der Waals surface area contributed by atoms with Gasteiger partial charge in [-0.3, -0.25) is 9.59 Å². The van der Waals surface area contributed by atoms with Crippen molar-refractivity contribution in [2.75, 3.05) is 6.54 Å². The van der Waals surface area contributed by atoms with Crippen molar-refractivity contribution in [3.05, 3.63) is 34.9 Å². The van der Waals surface area contributed by atoms with Crippen molar-refractivity contribution in [3.8, 4) is 0 Å². The minimum absolute atomic E-state index is 0.0811. The minimum atomic E-state index is -0.814. The number of carbonyl (C=O) groups excluding carboxylic acids is 3. The van der Waals surface area contributed by atoms with E-state index in [1.165, 1.54) is 0 Å². The lowest BCUT2D eigenvalue weighted by atomic mass is 9.93. The highest BCUT2D eigenvalue weighted by atomic mass is 16.6. The highest BCUT2D eigenvalue weighted by Crippen LogP contribution is 2.28. The number of carbonyl (C=O) groups is 3. The number of hydrogen-bond acceptors (Lipinski definition) is 4. The molecular formula is C30H51N3O4. The molecule has 0 spiro atoms. The van der Waals surface area contributed by atoms with Gasteiger partial charge in [-0.15, -0.1) is 0 Å². The Morgan fingerprint density at radius 1 is 0.973 bits per heavy atom. The number of unbranched alkanes of at least 4 members (excludes halogenated alkanes) is 3. The van der Waals surface area contributed by atoms with Crippen LogP contribution < -0.4 is 10.6 Å². The molecule has 0 aromatic heterocycles. The highest BCUT2D eigenvalue weighted by Gasteiger charge is 2.38. The summed E-state index contributed by atoms with van der Waals surface area (Å²) >= 11 is 0. The van der Waals surface area contributed by atoms with E-state index in [0.29, 0.717) is 13.0 Å². The summed E-state index contributed by atoms with van der Waals surface area (Å²) in [6, 6.07) is 4.29. The van der Waals surface area contributed by atoms with E-state index >= 15 is 0 Å². The predicted octanol–water partition coefficient (Wildman–Crippen LogP) is 6.22. The Kier molecular flexibility index (Phi) is 13.2. The van der Waals surface area contributed by atoms with E-state index in [0.717, 1.165) is 42.4 Å². The zero-order valence-corrected chi connectivity index (χ0v) is 24.9. The summed E-state index contributed by atoms with van der Waals surface area (Å²) in [5.41, 5.74) is 2.08. The van der Waals surface area contributed by atoms with Gasteiger partial charge in [0.25, 0.3) is 0 Å². The molecule has 3 amide bonds. The fraction of sp³-hybridized carbons (Fsp3) is 0.700. The molecule has 0 aliphatic rings. The van der Waals surface area contributed by atoms with Gasteiger partial charge in [0, 0.05) is 12.6 Å². The minimum Gasteiger partial charge on any atom is -0.444 e. The Bertz CT molecular complexity index is 891. The van der Waals surface area contributed by atoms with Gasteiger partial charge in [0.15, 0.2) is 0 Å². The Labute approximate surface area is 225 Å². The van der Waals surface area contributed by atoms with E-state index in [9.17, 15) is 14.4 Å². The van der Waals surface area contributed by atoms with Gasteiger partial charge in [0.1, 0.15) is 17.7 Å². The van der Waals surface area contributed by atoms with Crippen LogP contribution in [0, 0.1) is 19.8 Å². The molecule has 7 heteroatoms. The molecule has 0 heterocycles. The Hall–Kier alpha value is -2.57. The number of ether oxygens (including phenoxy) is 1. The van der Waals surface area contributed by atoms with Crippen molar-refractivity contribution in [1.82, 2.24) is 15.5 Å². The molecule has 0 saturated carbocycles. The molecular weight excluding hydrogens is 466 g/mol. The van der Waals surface area contributed by atoms with Crippen LogP contribution >= 0.6 is 0 Å². The monoisotopic (exact) mass is 517 g/mol. The van der Waals surface area contributed by atoms with Crippen LogP contribution in [0.4, 0.5) is 4.79 Å². The molecule has 0 saturated heterocycles. The molecule has 3 unspecified atom stereocenters. The molecule has 210 valence electrons. The van der Waals surface area contributed by atoms with Crippen LogP contribution in [0.5, 0.6) is 0 Å². The van der Waals surface area contributed by atoms with Crippen LogP contribution in [0.25, 0.3) is 0 Å². The van der Waals surface area contributed by atoms with Crippen molar-refractivity contribution in [1.29, 1.82) is 0 Å². The van der Waals surface area contributed by atoms with Gasteiger partial charge in [0.05, 0.1) is 0 Å². The van der Waals surface area contributed by atoms with Gasteiger partial charge in [-0.1, -0.05) is 70.2 Å². The van der Waals surface area contributed by atoms with Gasteiger partial charge in [-0.25, -0.2) is 4.79 Å². The third-order valence-electron chi connectivity index (χ3n) is 6.41. The van der Waals surface area contributed by atoms with Crippen molar-refractivity contribution in [2.45, 2.75) is 125 Å². The number of amides is 3. The Morgan fingerprint density at radius 3 is 2.16 bits per heavy atom. The van der Waals surface area contributed by atoms with Crippen molar-refractivity contribution in [2.24, 2.45) is 5.92 Å². The third kappa shape index (κ3) is 10.7. The fourth-order valence-corrected chi connectivity index (χ4v) is 4.24. The second-order valence-electron chi connectivity index (χ2n) is 11.5. The first-order chi connectivity index (χ1) is 17.2. The van der Waals surface area contributed by atoms with Crippen molar-refractivity contribution >= 4 is 17.9 Å². The normalized spacial score (nSPS) is 14.0. The summed E-state index contributed by atoms with van der Waals surface area (Å²) in [6.45, 7) is 19.6. The average Bonchev–Trinajstić information content (AvgIpc) is 2.78. The summed E-state index contributed by atoms with van der Waals surface area (Å²) < 4.78 is 5.49. The number of hydrogen-bond donors (Lipinski definition) is 2. The average molecular weight is 518 g/mol. The maximum Gasteiger partial charge on any atom is 0.408 e. The second kappa shape index (κ2) is 15.0. The maximum atomic E-state index is 14.3. The first-order valence-electron chi connectivity index (χ1n) is 13.9. The van der Waals surface area contributed by atoms with Crippen LogP contribution in [0.2, 0.25) is 0 Å². The number of nitrogens with zero attached hydrogens (tertiary/aromatic N) is 1. The number of nitrogens with one attached hydrogen (secondary N) is 2. The SMILES string of the molecule is CCCCCCN(C(=O)C(NC(=O)OC(C)(C)C)C(C)CC)C(C(=O)NC(C)C)c1cc(C)ccc1C. The summed E-state index contributed by atoms with van der Waals surface area (Å²) in [7, 11) is 0. The first kappa shape index (κ1) is 32.5. The van der Waals surface area contributed by atoms with Crippen LogP contribution in [0.3, 0.4) is 0 Å². The lowest BCUT2D eigenvalue weighted by Crippen LogP contribution is -2.55. The van der Waals surface area contributed by atoms with Crippen LogP contribution in [-0.2, 0) is 14.3 Å². The number of alkyl carbamates (subject to hydrolysis) is 1. The molecule has 1 aromatic rings. The molecule has 0 bridgehead atoms. The van der Waals surface area contributed by atoms with Crippen LogP contribution in [0.1, 0.15) is 110 Å². The molecule has 37 heavy (non-hydrogen) atoms. The van der Waals surface area contributed by atoms with Crippen LogP contribution in [0.15, 0.2) is 18.2 Å². The van der Waals surface area contributed by atoms with E-state index in [4.69, 9.17) is 4.74 Å². The van der Waals surface area contributed by atoms with Gasteiger partial charge in [-0.2, -0.15) is 0 Å². The lowest BCUT2D eigenvalue weighted by molar-refractivity contribution is -0.143. The number of rotatable bonds is 13. The first-order valence-corrected chi connectivity index (χ1v) is 13.9. The molecule has 3 atom stereocenters. The maximum absolute atomic E-state index is 14.3. The van der Waals surface area contributed by atoms with Gasteiger partial charge >= 0.3 is 6.09 Å². The standard InChI is InChI=1S/C30H51N3O4/c1-11-13-14-15-18-33(28(35)25(22(6)12-2)32-29(36)37-30(8,9)10)26(27(34)31-20(3)4)24-19-21(5)16-17-23(24)7/h16-17,19-20,22,25-26H,11-15,18H2,1-10H3,(H,31,34)(H,32,36). The zero-order valence-electron chi connectivity index (χ0n) is 24.9. The molecule has 0 aliphatic heterocycles.